The molecule has 134 valence electrons. The van der Waals surface area contributed by atoms with Crippen LogP contribution in [0.25, 0.3) is 0 Å². The van der Waals surface area contributed by atoms with Gasteiger partial charge in [-0.1, -0.05) is 35.3 Å². The third-order valence-corrected chi connectivity index (χ3v) is 4.08. The lowest BCUT2D eigenvalue weighted by atomic mass is 10.1. The van der Waals surface area contributed by atoms with Crippen LogP contribution in [0.4, 0.5) is 0 Å². The maximum absolute atomic E-state index is 12.0. The lowest BCUT2D eigenvalue weighted by Crippen LogP contribution is -2.29. The highest BCUT2D eigenvalue weighted by molar-refractivity contribution is 6.30. The minimum absolute atomic E-state index is 0.194. The lowest BCUT2D eigenvalue weighted by Gasteiger charge is -2.12. The fourth-order valence-corrected chi connectivity index (χ4v) is 2.59. The number of halogens is 2. The van der Waals surface area contributed by atoms with E-state index in [2.05, 4.69) is 10.6 Å². The molecule has 7 heteroatoms. The minimum Gasteiger partial charge on any atom is -0.352 e. The lowest BCUT2D eigenvalue weighted by molar-refractivity contribution is -0.121. The Bertz CT molecular complexity index is 816. The molecule has 0 saturated carbocycles. The van der Waals surface area contributed by atoms with Crippen LogP contribution in [0.1, 0.15) is 34.8 Å². The summed E-state index contributed by atoms with van der Waals surface area (Å²) in [7, 11) is 0. The molecular weight excluding hydrogens is 373 g/mol. The van der Waals surface area contributed by atoms with Crippen molar-refractivity contribution in [2.45, 2.75) is 18.9 Å². The standard InChI is InChI=1S/C19H17Cl2N3O2/c20-15-8-6-13(7-9-15)19(26)23-10-2-5-18(25)24-17(12-22)14-3-1-4-16(21)11-14/h1,3-4,6-9,11,17H,2,5,10H2,(H,23,26)(H,24,25)/t17-/m0/s1. The van der Waals surface area contributed by atoms with Gasteiger partial charge in [-0.2, -0.15) is 5.26 Å². The second kappa shape index (κ2) is 9.81. The average Bonchev–Trinajstić information content (AvgIpc) is 2.63. The molecule has 2 amide bonds. The molecule has 1 atom stereocenters. The first-order valence-corrected chi connectivity index (χ1v) is 8.73. The number of hydrogen-bond acceptors (Lipinski definition) is 3. The maximum atomic E-state index is 12.0. The van der Waals surface area contributed by atoms with Gasteiger partial charge in [0.25, 0.3) is 5.91 Å². The van der Waals surface area contributed by atoms with Gasteiger partial charge in [0.2, 0.25) is 5.91 Å². The van der Waals surface area contributed by atoms with Gasteiger partial charge in [0, 0.05) is 28.6 Å². The number of carbonyl (C=O) groups excluding carboxylic acids is 2. The predicted molar refractivity (Wildman–Crippen MR) is 101 cm³/mol. The summed E-state index contributed by atoms with van der Waals surface area (Å²) in [4.78, 5) is 23.9. The molecule has 0 aromatic heterocycles. The first-order chi connectivity index (χ1) is 12.5. The summed E-state index contributed by atoms with van der Waals surface area (Å²) in [5.41, 5.74) is 1.13. The van der Waals surface area contributed by atoms with Crippen molar-refractivity contribution >= 4 is 35.0 Å². The number of nitriles is 1. The van der Waals surface area contributed by atoms with E-state index in [1.807, 2.05) is 6.07 Å². The first kappa shape index (κ1) is 19.8. The summed E-state index contributed by atoms with van der Waals surface area (Å²) in [5.74, 6) is -0.492. The fraction of sp³-hybridized carbons (Fsp3) is 0.211. The molecule has 26 heavy (non-hydrogen) atoms. The van der Waals surface area contributed by atoms with Crippen LogP contribution < -0.4 is 10.6 Å². The van der Waals surface area contributed by atoms with E-state index in [-0.39, 0.29) is 18.2 Å². The average molecular weight is 390 g/mol. The highest BCUT2D eigenvalue weighted by Crippen LogP contribution is 2.17. The van der Waals surface area contributed by atoms with Gasteiger partial charge >= 0.3 is 0 Å². The number of nitrogens with one attached hydrogen (secondary N) is 2. The Kier molecular flexibility index (Phi) is 7.46. The summed E-state index contributed by atoms with van der Waals surface area (Å²) >= 11 is 11.7. The van der Waals surface area contributed by atoms with Crippen LogP contribution in [0, 0.1) is 11.3 Å². The Hall–Kier alpha value is -2.55. The summed E-state index contributed by atoms with van der Waals surface area (Å²) in [6, 6.07) is 14.6. The Balaban J connectivity index is 1.75. The smallest absolute Gasteiger partial charge is 0.251 e. The zero-order chi connectivity index (χ0) is 18.9. The highest BCUT2D eigenvalue weighted by atomic mass is 35.5. The van der Waals surface area contributed by atoms with Crippen LogP contribution >= 0.6 is 23.2 Å². The van der Waals surface area contributed by atoms with E-state index in [1.54, 1.807) is 48.5 Å². The normalized spacial score (nSPS) is 11.3. The maximum Gasteiger partial charge on any atom is 0.251 e. The van der Waals surface area contributed by atoms with Crippen molar-refractivity contribution in [1.82, 2.24) is 10.6 Å². The van der Waals surface area contributed by atoms with Gasteiger partial charge in [-0.3, -0.25) is 9.59 Å². The van der Waals surface area contributed by atoms with Crippen molar-refractivity contribution in [3.8, 4) is 6.07 Å². The van der Waals surface area contributed by atoms with Gasteiger partial charge in [-0.25, -0.2) is 0 Å². The van der Waals surface area contributed by atoms with E-state index in [1.165, 1.54) is 0 Å². The third kappa shape index (κ3) is 6.07. The Labute approximate surface area is 161 Å². The minimum atomic E-state index is -0.759. The van der Waals surface area contributed by atoms with E-state index in [4.69, 9.17) is 23.2 Å². The van der Waals surface area contributed by atoms with Gasteiger partial charge in [-0.05, 0) is 48.4 Å². The molecule has 0 fully saturated rings. The zero-order valence-electron chi connectivity index (χ0n) is 13.8. The van der Waals surface area contributed by atoms with Crippen LogP contribution in [-0.2, 0) is 4.79 Å². The Morgan fingerprint density at radius 1 is 1.08 bits per heavy atom. The second-order valence-corrected chi connectivity index (χ2v) is 6.42. The number of rotatable bonds is 7. The number of nitrogens with zero attached hydrogens (tertiary/aromatic N) is 1. The van der Waals surface area contributed by atoms with Gasteiger partial charge in [0.05, 0.1) is 6.07 Å². The van der Waals surface area contributed by atoms with Crippen LogP contribution in [0.3, 0.4) is 0 Å². The van der Waals surface area contributed by atoms with Crippen molar-refractivity contribution in [2.24, 2.45) is 0 Å². The zero-order valence-corrected chi connectivity index (χ0v) is 15.3. The molecule has 0 saturated heterocycles. The summed E-state index contributed by atoms with van der Waals surface area (Å²) in [6.07, 6.45) is 0.651. The first-order valence-electron chi connectivity index (χ1n) is 7.98. The SMILES string of the molecule is N#C[C@H](NC(=O)CCCNC(=O)c1ccc(Cl)cc1)c1cccc(Cl)c1. The second-order valence-electron chi connectivity index (χ2n) is 5.55. The van der Waals surface area contributed by atoms with Crippen molar-refractivity contribution in [3.05, 3.63) is 69.7 Å². The summed E-state index contributed by atoms with van der Waals surface area (Å²) < 4.78 is 0. The molecule has 0 aliphatic rings. The summed E-state index contributed by atoms with van der Waals surface area (Å²) in [5, 5.41) is 15.7. The van der Waals surface area contributed by atoms with Gasteiger partial charge in [0.15, 0.2) is 0 Å². The Morgan fingerprint density at radius 2 is 1.81 bits per heavy atom. The molecule has 2 rings (SSSR count). The summed E-state index contributed by atoms with van der Waals surface area (Å²) in [6.45, 7) is 0.350. The molecule has 5 nitrogen and oxygen atoms in total. The van der Waals surface area contributed by atoms with Gasteiger partial charge < -0.3 is 10.6 Å². The molecule has 0 heterocycles. The molecule has 0 bridgehead atoms. The van der Waals surface area contributed by atoms with E-state index in [0.717, 1.165) is 0 Å². The molecule has 2 N–H and O–H groups in total. The Morgan fingerprint density at radius 3 is 2.46 bits per heavy atom. The predicted octanol–water partition coefficient (Wildman–Crippen LogP) is 3.88. The fourth-order valence-electron chi connectivity index (χ4n) is 2.26. The number of hydrogen-bond donors (Lipinski definition) is 2. The topological polar surface area (TPSA) is 82.0 Å². The number of carbonyl (C=O) groups is 2. The molecular formula is C19H17Cl2N3O2. The van der Waals surface area contributed by atoms with E-state index < -0.39 is 6.04 Å². The van der Waals surface area contributed by atoms with Crippen LogP contribution in [-0.4, -0.2) is 18.4 Å². The van der Waals surface area contributed by atoms with Gasteiger partial charge in [-0.15, -0.1) is 0 Å². The molecule has 0 aliphatic carbocycles. The largest absolute Gasteiger partial charge is 0.352 e. The third-order valence-electron chi connectivity index (χ3n) is 3.59. The highest BCUT2D eigenvalue weighted by Gasteiger charge is 2.14. The molecule has 2 aromatic carbocycles. The molecule has 0 spiro atoms. The van der Waals surface area contributed by atoms with Crippen molar-refractivity contribution in [1.29, 1.82) is 5.26 Å². The molecule has 0 radical (unpaired) electrons. The monoisotopic (exact) mass is 389 g/mol. The van der Waals surface area contributed by atoms with E-state index in [9.17, 15) is 14.9 Å². The molecule has 2 aromatic rings. The van der Waals surface area contributed by atoms with Crippen LogP contribution in [0.2, 0.25) is 10.0 Å². The molecule has 0 aliphatic heterocycles. The van der Waals surface area contributed by atoms with E-state index in [0.29, 0.717) is 34.1 Å². The number of amides is 2. The van der Waals surface area contributed by atoms with Gasteiger partial charge in [0.1, 0.15) is 6.04 Å². The van der Waals surface area contributed by atoms with Crippen molar-refractivity contribution in [2.75, 3.05) is 6.54 Å². The number of benzene rings is 2. The molecule has 0 unspecified atom stereocenters. The quantitative estimate of drug-likeness (QED) is 0.704. The van der Waals surface area contributed by atoms with Crippen molar-refractivity contribution in [3.63, 3.8) is 0 Å². The van der Waals surface area contributed by atoms with Crippen LogP contribution in [0.15, 0.2) is 48.5 Å². The van der Waals surface area contributed by atoms with E-state index >= 15 is 0 Å². The van der Waals surface area contributed by atoms with Crippen molar-refractivity contribution < 1.29 is 9.59 Å². The van der Waals surface area contributed by atoms with Crippen LogP contribution in [0.5, 0.6) is 0 Å².